The molecule has 5 aromatic rings. The number of H-pyrrole nitrogens is 1. The van der Waals surface area contributed by atoms with Crippen LogP contribution in [-0.2, 0) is 0 Å². The Morgan fingerprint density at radius 1 is 0.933 bits per heavy atom. The van der Waals surface area contributed by atoms with Gasteiger partial charge in [0.25, 0.3) is 0 Å². The molecule has 0 spiro atoms. The molecule has 1 N–H and O–H groups in total. The highest BCUT2D eigenvalue weighted by Gasteiger charge is 2.19. The van der Waals surface area contributed by atoms with Crippen LogP contribution in [0.2, 0.25) is 0 Å². The Morgan fingerprint density at radius 2 is 1.70 bits per heavy atom. The zero-order valence-corrected chi connectivity index (χ0v) is 18.8. The Bertz CT molecular complexity index is 1380. The van der Waals surface area contributed by atoms with Gasteiger partial charge in [-0.25, -0.2) is 9.97 Å². The quantitative estimate of drug-likeness (QED) is 0.303. The predicted octanol–water partition coefficient (Wildman–Crippen LogP) is 7.01. The highest BCUT2D eigenvalue weighted by atomic mass is 79.9. The maximum Gasteiger partial charge on any atom is 0.135 e. The fourth-order valence-corrected chi connectivity index (χ4v) is 5.16. The lowest BCUT2D eigenvalue weighted by atomic mass is 10.1. The number of hydrogen-bond acceptors (Lipinski definition) is 4. The number of aromatic nitrogens is 3. The first-order valence-electron chi connectivity index (χ1n) is 9.50. The van der Waals surface area contributed by atoms with E-state index in [0.717, 1.165) is 48.7 Å². The number of nitrogens with zero attached hydrogens (tertiary/aromatic N) is 2. The number of hydrogen-bond donors (Lipinski definition) is 1. The lowest BCUT2D eigenvalue weighted by Gasteiger charge is -2.11. The molecular formula is C24H18BrN3OS. The number of para-hydroxylation sites is 1. The van der Waals surface area contributed by atoms with Gasteiger partial charge < -0.3 is 9.72 Å². The Labute approximate surface area is 186 Å². The lowest BCUT2D eigenvalue weighted by Crippen LogP contribution is -1.96. The van der Waals surface area contributed by atoms with E-state index in [-0.39, 0.29) is 0 Å². The van der Waals surface area contributed by atoms with Crippen LogP contribution < -0.4 is 4.74 Å². The van der Waals surface area contributed by atoms with E-state index in [1.165, 1.54) is 10.3 Å². The number of fused-ring (bicyclic) bond motifs is 2. The normalized spacial score (nSPS) is 11.3. The molecule has 0 aliphatic rings. The van der Waals surface area contributed by atoms with Crippen molar-refractivity contribution < 1.29 is 4.74 Å². The molecule has 3 aromatic carbocycles. The van der Waals surface area contributed by atoms with Gasteiger partial charge in [0, 0.05) is 32.1 Å². The molecule has 0 saturated heterocycles. The largest absolute Gasteiger partial charge is 0.495 e. The molecule has 0 atom stereocenters. The van der Waals surface area contributed by atoms with Gasteiger partial charge in [-0.1, -0.05) is 48.2 Å². The third-order valence-electron chi connectivity index (χ3n) is 4.94. The van der Waals surface area contributed by atoms with Crippen LogP contribution in [0, 0.1) is 6.92 Å². The van der Waals surface area contributed by atoms with E-state index in [1.807, 2.05) is 31.2 Å². The molecule has 148 valence electrons. The van der Waals surface area contributed by atoms with Crippen molar-refractivity contribution >= 4 is 49.5 Å². The van der Waals surface area contributed by atoms with Gasteiger partial charge in [0.1, 0.15) is 11.6 Å². The predicted molar refractivity (Wildman–Crippen MR) is 126 cm³/mol. The number of methoxy groups -OCH3 is 1. The summed E-state index contributed by atoms with van der Waals surface area (Å²) in [6.07, 6.45) is 0. The standard InChI is InChI=1S/C24H18BrN3OS/c1-14-26-20-13-21(29-2)18(25)12-17(20)22(27-14)23-24(30-15-8-4-3-5-9-15)16-10-6-7-11-19(16)28-23/h3-13,28H,1-2H3. The van der Waals surface area contributed by atoms with Crippen LogP contribution in [0.4, 0.5) is 0 Å². The minimum absolute atomic E-state index is 0.719. The minimum atomic E-state index is 0.719. The van der Waals surface area contributed by atoms with Gasteiger partial charge in [0.05, 0.1) is 28.5 Å². The molecule has 0 saturated carbocycles. The van der Waals surface area contributed by atoms with Crippen molar-refractivity contribution in [1.82, 2.24) is 15.0 Å². The van der Waals surface area contributed by atoms with Crippen LogP contribution in [-0.4, -0.2) is 22.1 Å². The second-order valence-electron chi connectivity index (χ2n) is 6.91. The van der Waals surface area contributed by atoms with Gasteiger partial charge in [-0.3, -0.25) is 0 Å². The molecule has 0 unspecified atom stereocenters. The van der Waals surface area contributed by atoms with Crippen molar-refractivity contribution in [2.75, 3.05) is 7.11 Å². The number of aromatic amines is 1. The SMILES string of the molecule is COc1cc2nc(C)nc(-c3[nH]c4ccccc4c3Sc3ccccc3)c2cc1Br. The monoisotopic (exact) mass is 475 g/mol. The molecule has 0 amide bonds. The molecule has 6 heteroatoms. The number of halogens is 1. The third kappa shape index (κ3) is 3.36. The summed E-state index contributed by atoms with van der Waals surface area (Å²) in [7, 11) is 1.66. The molecule has 0 aliphatic heterocycles. The van der Waals surface area contributed by atoms with Crippen molar-refractivity contribution in [3.63, 3.8) is 0 Å². The first-order valence-corrected chi connectivity index (χ1v) is 11.1. The molecule has 2 aromatic heterocycles. The lowest BCUT2D eigenvalue weighted by molar-refractivity contribution is 0.412. The summed E-state index contributed by atoms with van der Waals surface area (Å²) >= 11 is 5.36. The summed E-state index contributed by atoms with van der Waals surface area (Å²) in [6.45, 7) is 1.92. The van der Waals surface area contributed by atoms with Crippen LogP contribution >= 0.6 is 27.7 Å². The zero-order chi connectivity index (χ0) is 20.7. The molecule has 0 radical (unpaired) electrons. The number of nitrogens with one attached hydrogen (secondary N) is 1. The Hall–Kier alpha value is -2.83. The summed E-state index contributed by atoms with van der Waals surface area (Å²) in [5.41, 5.74) is 3.82. The van der Waals surface area contributed by atoms with Crippen LogP contribution in [0.15, 0.2) is 81.0 Å². The maximum absolute atomic E-state index is 5.47. The van der Waals surface area contributed by atoms with Gasteiger partial charge >= 0.3 is 0 Å². The van der Waals surface area contributed by atoms with Crippen LogP contribution in [0.25, 0.3) is 33.2 Å². The Kier molecular flexibility index (Phi) is 4.97. The minimum Gasteiger partial charge on any atom is -0.495 e. The number of ether oxygens (including phenoxy) is 1. The van der Waals surface area contributed by atoms with Crippen LogP contribution in [0.3, 0.4) is 0 Å². The summed E-state index contributed by atoms with van der Waals surface area (Å²) < 4.78 is 6.34. The topological polar surface area (TPSA) is 50.8 Å². The van der Waals surface area contributed by atoms with E-state index in [0.29, 0.717) is 0 Å². The summed E-state index contributed by atoms with van der Waals surface area (Å²) in [4.78, 5) is 15.4. The number of rotatable bonds is 4. The van der Waals surface area contributed by atoms with Crippen molar-refractivity contribution in [1.29, 1.82) is 0 Å². The second-order valence-corrected chi connectivity index (χ2v) is 8.85. The second kappa shape index (κ2) is 7.78. The molecule has 30 heavy (non-hydrogen) atoms. The third-order valence-corrected chi connectivity index (χ3v) is 6.70. The highest BCUT2D eigenvalue weighted by molar-refractivity contribution is 9.10. The van der Waals surface area contributed by atoms with Gasteiger partial charge in [-0.2, -0.15) is 0 Å². The molecule has 2 heterocycles. The molecule has 0 fully saturated rings. The van der Waals surface area contributed by atoms with E-state index < -0.39 is 0 Å². The van der Waals surface area contributed by atoms with Crippen molar-refractivity contribution in [2.24, 2.45) is 0 Å². The van der Waals surface area contributed by atoms with Crippen molar-refractivity contribution in [3.05, 3.63) is 77.0 Å². The maximum atomic E-state index is 5.47. The molecular weight excluding hydrogens is 458 g/mol. The Morgan fingerprint density at radius 3 is 2.50 bits per heavy atom. The van der Waals surface area contributed by atoms with E-state index in [9.17, 15) is 0 Å². The van der Waals surface area contributed by atoms with E-state index in [4.69, 9.17) is 9.72 Å². The van der Waals surface area contributed by atoms with Gasteiger partial charge in [-0.15, -0.1) is 0 Å². The molecule has 0 bridgehead atoms. The number of aryl methyl sites for hydroxylation is 1. The van der Waals surface area contributed by atoms with E-state index >= 15 is 0 Å². The smallest absolute Gasteiger partial charge is 0.135 e. The van der Waals surface area contributed by atoms with E-state index in [2.05, 4.69) is 68.4 Å². The van der Waals surface area contributed by atoms with Crippen molar-refractivity contribution in [3.8, 4) is 17.1 Å². The molecule has 0 aliphatic carbocycles. The van der Waals surface area contributed by atoms with Crippen LogP contribution in [0.5, 0.6) is 5.75 Å². The van der Waals surface area contributed by atoms with Gasteiger partial charge in [-0.05, 0) is 47.1 Å². The summed E-state index contributed by atoms with van der Waals surface area (Å²) in [5.74, 6) is 1.47. The highest BCUT2D eigenvalue weighted by Crippen LogP contribution is 2.43. The fraction of sp³-hybridized carbons (Fsp3) is 0.0833. The van der Waals surface area contributed by atoms with Crippen LogP contribution in [0.1, 0.15) is 5.82 Å². The Balaban J connectivity index is 1.80. The van der Waals surface area contributed by atoms with E-state index in [1.54, 1.807) is 18.9 Å². The first-order chi connectivity index (χ1) is 14.6. The fourth-order valence-electron chi connectivity index (χ4n) is 3.59. The summed E-state index contributed by atoms with van der Waals surface area (Å²) in [6, 6.07) is 22.8. The van der Waals surface area contributed by atoms with Crippen molar-refractivity contribution in [2.45, 2.75) is 16.7 Å². The van der Waals surface area contributed by atoms with Gasteiger partial charge in [0.15, 0.2) is 0 Å². The molecule has 5 rings (SSSR count). The summed E-state index contributed by atoms with van der Waals surface area (Å²) in [5, 5.41) is 2.15. The first kappa shape index (κ1) is 19.2. The molecule has 4 nitrogen and oxygen atoms in total. The average Bonchev–Trinajstić information content (AvgIpc) is 3.12. The van der Waals surface area contributed by atoms with Gasteiger partial charge in [0.2, 0.25) is 0 Å². The number of benzene rings is 3. The zero-order valence-electron chi connectivity index (χ0n) is 16.4. The average molecular weight is 476 g/mol.